The molecule has 1 amide bonds. The van der Waals surface area contributed by atoms with Crippen LogP contribution < -0.4 is 10.1 Å². The number of ether oxygens (including phenoxy) is 1. The van der Waals surface area contributed by atoms with Crippen molar-refractivity contribution in [3.05, 3.63) is 58.6 Å². The third-order valence-corrected chi connectivity index (χ3v) is 7.38. The second kappa shape index (κ2) is 9.15. The quantitative estimate of drug-likeness (QED) is 0.746. The highest BCUT2D eigenvalue weighted by molar-refractivity contribution is 7.88. The van der Waals surface area contributed by atoms with Crippen LogP contribution in [0.3, 0.4) is 0 Å². The third-order valence-electron chi connectivity index (χ3n) is 5.24. The van der Waals surface area contributed by atoms with Gasteiger partial charge >= 0.3 is 0 Å². The van der Waals surface area contributed by atoms with Gasteiger partial charge in [0.15, 0.2) is 0 Å². The van der Waals surface area contributed by atoms with Crippen LogP contribution in [-0.2, 0) is 20.6 Å². The number of sulfonamides is 1. The van der Waals surface area contributed by atoms with E-state index < -0.39 is 10.0 Å². The molecular weight excluding hydrogens is 412 g/mol. The number of benzene rings is 2. The van der Waals surface area contributed by atoms with Crippen LogP contribution in [-0.4, -0.2) is 38.8 Å². The molecule has 2 aromatic carbocycles. The average Bonchev–Trinajstić information content (AvgIpc) is 2.71. The van der Waals surface area contributed by atoms with E-state index in [0.717, 1.165) is 11.1 Å². The van der Waals surface area contributed by atoms with Gasteiger partial charge in [0, 0.05) is 30.8 Å². The summed E-state index contributed by atoms with van der Waals surface area (Å²) >= 11 is 6.01. The second-order valence-electron chi connectivity index (χ2n) is 7.19. The smallest absolute Gasteiger partial charge is 0.227 e. The topological polar surface area (TPSA) is 75.7 Å². The van der Waals surface area contributed by atoms with Crippen LogP contribution in [0.4, 0.5) is 5.69 Å². The number of hydrogen-bond acceptors (Lipinski definition) is 4. The number of piperidine rings is 1. The Bertz CT molecular complexity index is 986. The molecule has 0 aliphatic carbocycles. The average molecular weight is 437 g/mol. The van der Waals surface area contributed by atoms with E-state index in [2.05, 4.69) is 5.32 Å². The molecule has 0 unspecified atom stereocenters. The predicted molar refractivity (Wildman–Crippen MR) is 115 cm³/mol. The Morgan fingerprint density at radius 3 is 2.55 bits per heavy atom. The van der Waals surface area contributed by atoms with E-state index in [-0.39, 0.29) is 17.6 Å². The van der Waals surface area contributed by atoms with Gasteiger partial charge in [-0.2, -0.15) is 0 Å². The highest BCUT2D eigenvalue weighted by atomic mass is 35.5. The van der Waals surface area contributed by atoms with Crippen molar-refractivity contribution in [3.8, 4) is 5.75 Å². The molecule has 0 aromatic heterocycles. The Morgan fingerprint density at radius 1 is 1.21 bits per heavy atom. The van der Waals surface area contributed by atoms with Crippen molar-refractivity contribution in [2.75, 3.05) is 25.5 Å². The van der Waals surface area contributed by atoms with E-state index in [0.29, 0.717) is 42.4 Å². The molecule has 8 heteroatoms. The van der Waals surface area contributed by atoms with Crippen molar-refractivity contribution in [2.45, 2.75) is 25.5 Å². The minimum Gasteiger partial charge on any atom is -0.495 e. The number of nitrogens with zero attached hydrogens (tertiary/aromatic N) is 1. The molecular formula is C21H25ClN2O4S. The normalized spacial score (nSPS) is 15.8. The molecule has 0 spiro atoms. The molecule has 0 radical (unpaired) electrons. The van der Waals surface area contributed by atoms with Crippen LogP contribution in [0.5, 0.6) is 5.75 Å². The Labute approximate surface area is 176 Å². The van der Waals surface area contributed by atoms with Gasteiger partial charge < -0.3 is 10.1 Å². The molecule has 1 fully saturated rings. The Balaban J connectivity index is 1.58. The number of methoxy groups -OCH3 is 1. The number of halogens is 1. The van der Waals surface area contributed by atoms with E-state index in [1.54, 1.807) is 18.2 Å². The number of nitrogens with one attached hydrogen (secondary N) is 1. The maximum Gasteiger partial charge on any atom is 0.227 e. The molecule has 1 saturated heterocycles. The summed E-state index contributed by atoms with van der Waals surface area (Å²) in [6, 6.07) is 12.5. The molecule has 6 nitrogen and oxygen atoms in total. The van der Waals surface area contributed by atoms with Crippen LogP contribution in [0.25, 0.3) is 0 Å². The first kappa shape index (κ1) is 21.6. The minimum absolute atomic E-state index is 0.0128. The lowest BCUT2D eigenvalue weighted by molar-refractivity contribution is -0.120. The van der Waals surface area contributed by atoms with Gasteiger partial charge in [0.2, 0.25) is 15.9 Å². The molecule has 1 N–H and O–H groups in total. The van der Waals surface area contributed by atoms with Crippen LogP contribution >= 0.6 is 11.6 Å². The first-order valence-electron chi connectivity index (χ1n) is 9.47. The van der Waals surface area contributed by atoms with E-state index in [9.17, 15) is 13.2 Å². The largest absolute Gasteiger partial charge is 0.495 e. The standard InChI is InChI=1S/C21H25ClN2O4S/c1-15-5-3-4-6-17(15)14-29(26,27)24-11-9-16(10-12-24)21(25)23-18-7-8-19(22)20(13-18)28-2/h3-8,13,16H,9-12,14H2,1-2H3,(H,23,25). The maximum absolute atomic E-state index is 12.8. The van der Waals surface area contributed by atoms with Gasteiger partial charge in [-0.1, -0.05) is 35.9 Å². The van der Waals surface area contributed by atoms with Gasteiger partial charge in [0.25, 0.3) is 0 Å². The van der Waals surface area contributed by atoms with Crippen molar-refractivity contribution in [2.24, 2.45) is 5.92 Å². The zero-order valence-corrected chi connectivity index (χ0v) is 18.1. The Kier molecular flexibility index (Phi) is 6.82. The van der Waals surface area contributed by atoms with Crippen LogP contribution in [0.15, 0.2) is 42.5 Å². The van der Waals surface area contributed by atoms with Gasteiger partial charge in [-0.05, 0) is 43.0 Å². The lowest BCUT2D eigenvalue weighted by Gasteiger charge is -2.30. The van der Waals surface area contributed by atoms with Gasteiger partial charge in [-0.3, -0.25) is 4.79 Å². The van der Waals surface area contributed by atoms with Gasteiger partial charge in [-0.15, -0.1) is 0 Å². The summed E-state index contributed by atoms with van der Waals surface area (Å²) in [5.41, 5.74) is 2.37. The van der Waals surface area contributed by atoms with Gasteiger partial charge in [0.05, 0.1) is 17.9 Å². The summed E-state index contributed by atoms with van der Waals surface area (Å²) in [5, 5.41) is 3.34. The molecule has 0 atom stereocenters. The number of carbonyl (C=O) groups is 1. The van der Waals surface area contributed by atoms with Crippen molar-refractivity contribution in [3.63, 3.8) is 0 Å². The molecule has 29 heavy (non-hydrogen) atoms. The van der Waals surface area contributed by atoms with Crippen molar-refractivity contribution in [1.29, 1.82) is 0 Å². The molecule has 1 aliphatic rings. The number of anilines is 1. The fraction of sp³-hybridized carbons (Fsp3) is 0.381. The lowest BCUT2D eigenvalue weighted by atomic mass is 9.97. The van der Waals surface area contributed by atoms with E-state index in [4.69, 9.17) is 16.3 Å². The summed E-state index contributed by atoms with van der Waals surface area (Å²) in [6.07, 6.45) is 0.979. The highest BCUT2D eigenvalue weighted by Gasteiger charge is 2.31. The molecule has 1 aliphatic heterocycles. The first-order valence-corrected chi connectivity index (χ1v) is 11.5. The molecule has 3 rings (SSSR count). The van der Waals surface area contributed by atoms with Crippen molar-refractivity contribution in [1.82, 2.24) is 4.31 Å². The molecule has 2 aromatic rings. The SMILES string of the molecule is COc1cc(NC(=O)C2CCN(S(=O)(=O)Cc3ccccc3C)CC2)ccc1Cl. The Morgan fingerprint density at radius 2 is 1.90 bits per heavy atom. The fourth-order valence-electron chi connectivity index (χ4n) is 3.44. The zero-order chi connectivity index (χ0) is 21.0. The van der Waals surface area contributed by atoms with E-state index in [1.165, 1.54) is 11.4 Å². The van der Waals surface area contributed by atoms with Crippen molar-refractivity contribution >= 4 is 33.2 Å². The van der Waals surface area contributed by atoms with E-state index in [1.807, 2.05) is 31.2 Å². The molecule has 156 valence electrons. The van der Waals surface area contributed by atoms with Crippen LogP contribution in [0, 0.1) is 12.8 Å². The maximum atomic E-state index is 12.8. The third kappa shape index (κ3) is 5.29. The first-order chi connectivity index (χ1) is 13.8. The van der Waals surface area contributed by atoms with Gasteiger partial charge in [0.1, 0.15) is 5.75 Å². The molecule has 0 saturated carbocycles. The zero-order valence-electron chi connectivity index (χ0n) is 16.5. The summed E-state index contributed by atoms with van der Waals surface area (Å²) in [5.74, 6) is 0.120. The minimum atomic E-state index is -3.41. The van der Waals surface area contributed by atoms with Crippen LogP contribution in [0.1, 0.15) is 24.0 Å². The van der Waals surface area contributed by atoms with Gasteiger partial charge in [-0.25, -0.2) is 12.7 Å². The van der Waals surface area contributed by atoms with Crippen LogP contribution in [0.2, 0.25) is 5.02 Å². The predicted octanol–water partition coefficient (Wildman–Crippen LogP) is 3.84. The number of amides is 1. The second-order valence-corrected chi connectivity index (χ2v) is 9.57. The van der Waals surface area contributed by atoms with Crippen molar-refractivity contribution < 1.29 is 17.9 Å². The monoisotopic (exact) mass is 436 g/mol. The number of aryl methyl sites for hydroxylation is 1. The number of carbonyl (C=O) groups excluding carboxylic acids is 1. The summed E-state index contributed by atoms with van der Waals surface area (Å²) in [4.78, 5) is 12.6. The number of hydrogen-bond donors (Lipinski definition) is 1. The molecule has 0 bridgehead atoms. The fourth-order valence-corrected chi connectivity index (χ4v) is 5.30. The van der Waals surface area contributed by atoms with E-state index >= 15 is 0 Å². The summed E-state index contributed by atoms with van der Waals surface area (Å²) in [7, 11) is -1.90. The summed E-state index contributed by atoms with van der Waals surface area (Å²) < 4.78 is 32.2. The summed E-state index contributed by atoms with van der Waals surface area (Å²) in [6.45, 7) is 2.60. The molecule has 1 heterocycles. The lowest BCUT2D eigenvalue weighted by Crippen LogP contribution is -2.41. The Hall–Kier alpha value is -2.09. The highest BCUT2D eigenvalue weighted by Crippen LogP contribution is 2.29. The number of rotatable bonds is 6.